The molecule has 0 aliphatic heterocycles. The molecule has 0 radical (unpaired) electrons. The first kappa shape index (κ1) is 30.8. The highest BCUT2D eigenvalue weighted by atomic mass is 32.2. The fraction of sp³-hybridized carbons (Fsp3) is 0.294. The predicted octanol–water partition coefficient (Wildman–Crippen LogP) is 5.33. The number of hydrogen-bond donors (Lipinski definition) is 1. The van der Waals surface area contributed by atoms with Gasteiger partial charge in [0.05, 0.1) is 11.9 Å². The van der Waals surface area contributed by atoms with Gasteiger partial charge in [0.15, 0.2) is 0 Å². The van der Waals surface area contributed by atoms with Crippen molar-refractivity contribution in [2.24, 2.45) is 5.92 Å². The van der Waals surface area contributed by atoms with Gasteiger partial charge in [0, 0.05) is 24.9 Å². The fourth-order valence-electron chi connectivity index (χ4n) is 4.97. The lowest BCUT2D eigenvalue weighted by Crippen LogP contribution is -2.53. The molecule has 0 saturated carbocycles. The molecule has 0 aliphatic rings. The van der Waals surface area contributed by atoms with E-state index in [0.29, 0.717) is 12.2 Å². The first-order valence-electron chi connectivity index (χ1n) is 14.2. The normalized spacial score (nSPS) is 12.2. The average Bonchev–Trinajstić information content (AvgIpc) is 2.97. The van der Waals surface area contributed by atoms with Crippen molar-refractivity contribution in [1.82, 2.24) is 10.2 Å². The van der Waals surface area contributed by atoms with Crippen LogP contribution in [-0.4, -0.2) is 50.5 Å². The Morgan fingerprint density at radius 2 is 1.48 bits per heavy atom. The van der Waals surface area contributed by atoms with Crippen LogP contribution in [0.15, 0.2) is 97.1 Å². The van der Waals surface area contributed by atoms with Gasteiger partial charge in [0.1, 0.15) is 12.6 Å². The van der Waals surface area contributed by atoms with Crippen molar-refractivity contribution < 1.29 is 18.0 Å². The first-order chi connectivity index (χ1) is 20.0. The number of hydrogen-bond acceptors (Lipinski definition) is 4. The summed E-state index contributed by atoms with van der Waals surface area (Å²) in [4.78, 5) is 29.6. The molecule has 0 spiro atoms. The molecule has 1 N–H and O–H groups in total. The Kier molecular flexibility index (Phi) is 10.0. The number of nitrogens with zero attached hydrogens (tertiary/aromatic N) is 2. The largest absolute Gasteiger partial charge is 0.354 e. The number of nitrogens with one attached hydrogen (secondary N) is 1. The van der Waals surface area contributed by atoms with Gasteiger partial charge in [-0.1, -0.05) is 105 Å². The summed E-state index contributed by atoms with van der Waals surface area (Å²) in [5, 5.41) is 4.60. The van der Waals surface area contributed by atoms with Crippen molar-refractivity contribution >= 4 is 38.3 Å². The number of benzene rings is 4. The zero-order chi connectivity index (χ0) is 30.3. The average molecular weight is 586 g/mol. The maximum atomic E-state index is 14.3. The van der Waals surface area contributed by atoms with Crippen molar-refractivity contribution in [3.8, 4) is 0 Å². The van der Waals surface area contributed by atoms with E-state index in [2.05, 4.69) is 5.32 Å². The minimum atomic E-state index is -3.86. The van der Waals surface area contributed by atoms with Crippen molar-refractivity contribution in [3.63, 3.8) is 0 Å². The van der Waals surface area contributed by atoms with Crippen LogP contribution in [-0.2, 0) is 32.6 Å². The molecule has 7 nitrogen and oxygen atoms in total. The topological polar surface area (TPSA) is 86.8 Å². The maximum absolute atomic E-state index is 14.3. The van der Waals surface area contributed by atoms with E-state index in [-0.39, 0.29) is 24.8 Å². The molecule has 1 atom stereocenters. The number of carbonyl (C=O) groups excluding carboxylic acids is 2. The third-order valence-electron chi connectivity index (χ3n) is 7.27. The number of rotatable bonds is 12. The van der Waals surface area contributed by atoms with E-state index in [1.807, 2.05) is 106 Å². The molecular formula is C34H39N3O4S. The Labute approximate surface area is 249 Å². The number of amides is 2. The standard InChI is InChI=1S/C34H39N3O4S/c1-25(2)22-35-34(39)32(21-27-14-6-5-7-15-27)36(23-29-17-9-8-13-26(29)3)33(38)24-37(42(4,40)41)31-20-12-18-28-16-10-11-19-30(28)31/h5-20,25,32H,21-24H2,1-4H3,(H,35,39)/t32-/m0/s1. The number of sulfonamides is 1. The fourth-order valence-corrected chi connectivity index (χ4v) is 5.83. The molecule has 0 heterocycles. The molecule has 220 valence electrons. The Hall–Kier alpha value is -4.17. The van der Waals surface area contributed by atoms with Crippen LogP contribution in [0.1, 0.15) is 30.5 Å². The van der Waals surface area contributed by atoms with Crippen LogP contribution in [0.3, 0.4) is 0 Å². The van der Waals surface area contributed by atoms with Gasteiger partial charge in [-0.25, -0.2) is 8.42 Å². The third kappa shape index (κ3) is 7.76. The highest BCUT2D eigenvalue weighted by Crippen LogP contribution is 2.29. The third-order valence-corrected chi connectivity index (χ3v) is 8.40. The summed E-state index contributed by atoms with van der Waals surface area (Å²) < 4.78 is 27.5. The van der Waals surface area contributed by atoms with E-state index < -0.39 is 28.5 Å². The Balaban J connectivity index is 1.78. The lowest BCUT2D eigenvalue weighted by Gasteiger charge is -2.34. The maximum Gasteiger partial charge on any atom is 0.244 e. The van der Waals surface area contributed by atoms with Crippen LogP contribution in [0, 0.1) is 12.8 Å². The molecule has 0 bridgehead atoms. The molecule has 42 heavy (non-hydrogen) atoms. The van der Waals surface area contributed by atoms with Gasteiger partial charge in [0.25, 0.3) is 0 Å². The summed E-state index contributed by atoms with van der Waals surface area (Å²) >= 11 is 0. The molecule has 8 heteroatoms. The number of aryl methyl sites for hydroxylation is 1. The molecule has 4 rings (SSSR count). The molecule has 4 aromatic rings. The minimum absolute atomic E-state index is 0.158. The molecule has 2 amide bonds. The van der Waals surface area contributed by atoms with Crippen molar-refractivity contribution in [1.29, 1.82) is 0 Å². The smallest absolute Gasteiger partial charge is 0.244 e. The highest BCUT2D eigenvalue weighted by molar-refractivity contribution is 7.92. The number of carbonyl (C=O) groups is 2. The molecule has 0 aromatic heterocycles. The first-order valence-corrected chi connectivity index (χ1v) is 16.0. The van der Waals surface area contributed by atoms with E-state index in [1.165, 1.54) is 4.90 Å². The zero-order valence-electron chi connectivity index (χ0n) is 24.7. The zero-order valence-corrected chi connectivity index (χ0v) is 25.5. The molecule has 0 unspecified atom stereocenters. The van der Waals surface area contributed by atoms with Crippen molar-refractivity contribution in [3.05, 3.63) is 114 Å². The minimum Gasteiger partial charge on any atom is -0.354 e. The molecular weight excluding hydrogens is 546 g/mol. The van der Waals surface area contributed by atoms with E-state index in [9.17, 15) is 18.0 Å². The number of anilines is 1. The predicted molar refractivity (Wildman–Crippen MR) is 170 cm³/mol. The van der Waals surface area contributed by atoms with Gasteiger partial charge in [0.2, 0.25) is 21.8 Å². The van der Waals surface area contributed by atoms with Gasteiger partial charge in [-0.05, 0) is 41.0 Å². The van der Waals surface area contributed by atoms with Gasteiger partial charge in [-0.15, -0.1) is 0 Å². The van der Waals surface area contributed by atoms with Gasteiger partial charge in [-0.2, -0.15) is 0 Å². The second kappa shape index (κ2) is 13.7. The van der Waals surface area contributed by atoms with Crippen LogP contribution in [0.5, 0.6) is 0 Å². The van der Waals surface area contributed by atoms with Gasteiger partial charge >= 0.3 is 0 Å². The summed E-state index contributed by atoms with van der Waals surface area (Å²) in [6.45, 7) is 6.16. The SMILES string of the molecule is Cc1ccccc1CN(C(=O)CN(c1cccc2ccccc12)S(C)(=O)=O)[C@@H](Cc1ccccc1)C(=O)NCC(C)C. The summed E-state index contributed by atoms with van der Waals surface area (Å²) in [6, 6.07) is 29.3. The van der Waals surface area contributed by atoms with E-state index in [4.69, 9.17) is 0 Å². The quantitative estimate of drug-likeness (QED) is 0.244. The van der Waals surface area contributed by atoms with Crippen molar-refractivity contribution in [2.75, 3.05) is 23.7 Å². The lowest BCUT2D eigenvalue weighted by atomic mass is 10.0. The van der Waals surface area contributed by atoms with Crippen LogP contribution < -0.4 is 9.62 Å². The Morgan fingerprint density at radius 1 is 0.833 bits per heavy atom. The summed E-state index contributed by atoms with van der Waals surface area (Å²) in [5.41, 5.74) is 3.18. The second-order valence-electron chi connectivity index (χ2n) is 11.1. The van der Waals surface area contributed by atoms with Crippen LogP contribution >= 0.6 is 0 Å². The van der Waals surface area contributed by atoms with Gasteiger partial charge < -0.3 is 10.2 Å². The molecule has 0 fully saturated rings. The highest BCUT2D eigenvalue weighted by Gasteiger charge is 2.33. The molecule has 0 saturated heterocycles. The van der Waals surface area contributed by atoms with E-state index >= 15 is 0 Å². The summed E-state index contributed by atoms with van der Waals surface area (Å²) in [6.07, 6.45) is 1.39. The lowest BCUT2D eigenvalue weighted by molar-refractivity contribution is -0.140. The molecule has 4 aromatic carbocycles. The van der Waals surface area contributed by atoms with Crippen molar-refractivity contribution in [2.45, 2.75) is 39.8 Å². The van der Waals surface area contributed by atoms with Crippen LogP contribution in [0.2, 0.25) is 0 Å². The number of fused-ring (bicyclic) bond motifs is 1. The molecule has 0 aliphatic carbocycles. The van der Waals surface area contributed by atoms with E-state index in [1.54, 1.807) is 12.1 Å². The summed E-state index contributed by atoms with van der Waals surface area (Å²) in [5.74, 6) is -0.512. The Morgan fingerprint density at radius 3 is 2.17 bits per heavy atom. The Bertz CT molecular complexity index is 1630. The van der Waals surface area contributed by atoms with Crippen LogP contribution in [0.25, 0.3) is 10.8 Å². The second-order valence-corrected chi connectivity index (χ2v) is 13.0. The van der Waals surface area contributed by atoms with Crippen LogP contribution in [0.4, 0.5) is 5.69 Å². The van der Waals surface area contributed by atoms with Gasteiger partial charge in [-0.3, -0.25) is 13.9 Å². The van der Waals surface area contributed by atoms with E-state index in [0.717, 1.165) is 38.0 Å². The monoisotopic (exact) mass is 585 g/mol. The summed E-state index contributed by atoms with van der Waals surface area (Å²) in [7, 11) is -3.86.